The highest BCUT2D eigenvalue weighted by molar-refractivity contribution is 6.30. The maximum Gasteiger partial charge on any atom is 0.368 e. The number of nitrogens with zero attached hydrogens (tertiary/aromatic N) is 1. The van der Waals surface area contributed by atoms with Gasteiger partial charge in [-0.3, -0.25) is 4.79 Å². The SMILES string of the molecule is COC1=C(C(C)(C)C)C=C(C(C)(C)C)C2(ON=C(c3ccc(Cl)cc3)O2)C1=O. The summed E-state index contributed by atoms with van der Waals surface area (Å²) in [4.78, 5) is 19.3. The molecule has 1 spiro atoms. The lowest BCUT2D eigenvalue weighted by Gasteiger charge is -2.39. The number of carbonyl (C=O) groups excluding carboxylic acids is 1. The molecule has 0 saturated heterocycles. The highest BCUT2D eigenvalue weighted by Crippen LogP contribution is 2.48. The third-order valence-electron chi connectivity index (χ3n) is 4.80. The Labute approximate surface area is 171 Å². The van der Waals surface area contributed by atoms with Crippen molar-refractivity contribution >= 4 is 23.3 Å². The monoisotopic (exact) mass is 403 g/mol. The molecule has 0 N–H and O–H groups in total. The summed E-state index contributed by atoms with van der Waals surface area (Å²) >= 11 is 5.97. The van der Waals surface area contributed by atoms with E-state index in [0.717, 1.165) is 5.57 Å². The highest BCUT2D eigenvalue weighted by Gasteiger charge is 2.59. The van der Waals surface area contributed by atoms with Gasteiger partial charge in [0, 0.05) is 21.7 Å². The predicted molar refractivity (Wildman–Crippen MR) is 109 cm³/mol. The van der Waals surface area contributed by atoms with Gasteiger partial charge in [-0.05, 0) is 46.3 Å². The van der Waals surface area contributed by atoms with Crippen LogP contribution in [0, 0.1) is 10.8 Å². The average Bonchev–Trinajstić information content (AvgIpc) is 3.01. The van der Waals surface area contributed by atoms with Gasteiger partial charge in [0.15, 0.2) is 5.76 Å². The molecule has 0 radical (unpaired) electrons. The molecular formula is C22H26ClNO4. The third-order valence-corrected chi connectivity index (χ3v) is 5.05. The van der Waals surface area contributed by atoms with Crippen LogP contribution in [0.4, 0.5) is 0 Å². The Bertz CT molecular complexity index is 898. The Morgan fingerprint density at radius 3 is 2.14 bits per heavy atom. The second kappa shape index (κ2) is 6.66. The summed E-state index contributed by atoms with van der Waals surface area (Å²) in [6.07, 6.45) is 1.96. The topological polar surface area (TPSA) is 57.1 Å². The summed E-state index contributed by atoms with van der Waals surface area (Å²) in [5, 5.41) is 4.69. The van der Waals surface area contributed by atoms with Crippen LogP contribution >= 0.6 is 11.6 Å². The Hall–Kier alpha value is -2.27. The molecule has 1 unspecified atom stereocenters. The van der Waals surface area contributed by atoms with Crippen LogP contribution in [0.2, 0.25) is 5.02 Å². The molecule has 2 aliphatic rings. The number of benzene rings is 1. The number of carbonyl (C=O) groups is 1. The molecule has 1 aromatic rings. The number of rotatable bonds is 2. The first-order valence-electron chi connectivity index (χ1n) is 9.17. The Morgan fingerprint density at radius 2 is 1.64 bits per heavy atom. The fourth-order valence-corrected chi connectivity index (χ4v) is 3.47. The molecule has 0 amide bonds. The zero-order chi connectivity index (χ0) is 20.9. The van der Waals surface area contributed by atoms with Crippen LogP contribution in [0.5, 0.6) is 0 Å². The van der Waals surface area contributed by atoms with E-state index in [-0.39, 0.29) is 22.9 Å². The van der Waals surface area contributed by atoms with E-state index < -0.39 is 11.2 Å². The van der Waals surface area contributed by atoms with Crippen LogP contribution in [0.15, 0.2) is 52.4 Å². The van der Waals surface area contributed by atoms with Gasteiger partial charge in [-0.1, -0.05) is 53.1 Å². The molecule has 0 saturated carbocycles. The van der Waals surface area contributed by atoms with E-state index in [4.69, 9.17) is 25.9 Å². The molecule has 1 aliphatic carbocycles. The predicted octanol–water partition coefficient (Wildman–Crippen LogP) is 5.25. The molecule has 0 aromatic heterocycles. The number of ether oxygens (including phenoxy) is 2. The first kappa shape index (κ1) is 20.5. The van der Waals surface area contributed by atoms with Gasteiger partial charge in [0.25, 0.3) is 11.7 Å². The molecule has 6 heteroatoms. The lowest BCUT2D eigenvalue weighted by atomic mass is 9.71. The summed E-state index contributed by atoms with van der Waals surface area (Å²) < 4.78 is 11.6. The van der Waals surface area contributed by atoms with Gasteiger partial charge in [-0.15, -0.1) is 0 Å². The highest BCUT2D eigenvalue weighted by atomic mass is 35.5. The van der Waals surface area contributed by atoms with Crippen molar-refractivity contribution in [3.63, 3.8) is 0 Å². The lowest BCUT2D eigenvalue weighted by Crippen LogP contribution is -2.50. The fourth-order valence-electron chi connectivity index (χ4n) is 3.34. The van der Waals surface area contributed by atoms with E-state index >= 15 is 0 Å². The average molecular weight is 404 g/mol. The van der Waals surface area contributed by atoms with Crippen molar-refractivity contribution in [2.75, 3.05) is 7.11 Å². The van der Waals surface area contributed by atoms with Gasteiger partial charge in [0.2, 0.25) is 0 Å². The van der Waals surface area contributed by atoms with Gasteiger partial charge in [0.1, 0.15) is 0 Å². The van der Waals surface area contributed by atoms with E-state index in [2.05, 4.69) is 5.16 Å². The number of oxime groups is 1. The minimum atomic E-state index is -1.67. The van der Waals surface area contributed by atoms with Crippen molar-refractivity contribution in [3.8, 4) is 0 Å². The maximum atomic E-state index is 13.6. The van der Waals surface area contributed by atoms with Gasteiger partial charge >= 0.3 is 5.79 Å². The van der Waals surface area contributed by atoms with Crippen molar-refractivity contribution in [3.05, 3.63) is 57.8 Å². The summed E-state index contributed by atoms with van der Waals surface area (Å²) in [6, 6.07) is 7.00. The molecule has 28 heavy (non-hydrogen) atoms. The molecule has 3 rings (SSSR count). The normalized spacial score (nSPS) is 22.6. The number of allylic oxidation sites excluding steroid dienone is 2. The second-order valence-corrected chi connectivity index (χ2v) is 9.48. The molecule has 0 fully saturated rings. The maximum absolute atomic E-state index is 13.6. The number of hydrogen-bond donors (Lipinski definition) is 0. The van der Waals surface area contributed by atoms with Gasteiger partial charge < -0.3 is 14.3 Å². The van der Waals surface area contributed by atoms with Crippen molar-refractivity contribution < 1.29 is 19.1 Å². The summed E-state index contributed by atoms with van der Waals surface area (Å²) in [5.41, 5.74) is 1.48. The van der Waals surface area contributed by atoms with Crippen molar-refractivity contribution in [1.82, 2.24) is 0 Å². The smallest absolute Gasteiger partial charge is 0.368 e. The zero-order valence-electron chi connectivity index (χ0n) is 17.3. The van der Waals surface area contributed by atoms with Crippen molar-refractivity contribution in [2.45, 2.75) is 47.3 Å². The molecular weight excluding hydrogens is 378 g/mol. The molecule has 1 aliphatic heterocycles. The van der Waals surface area contributed by atoms with E-state index in [1.807, 2.05) is 47.6 Å². The quantitative estimate of drug-likeness (QED) is 0.677. The Morgan fingerprint density at radius 1 is 1.04 bits per heavy atom. The van der Waals surface area contributed by atoms with Crippen molar-refractivity contribution in [1.29, 1.82) is 0 Å². The standard InChI is InChI=1S/C22H26ClNO4/c1-20(2,3)15-12-16(21(4,5)6)22(18(25)17(15)26-7)27-19(24-28-22)13-8-10-14(23)11-9-13/h8-12H,1-7H3. The van der Waals surface area contributed by atoms with Crippen LogP contribution < -0.4 is 0 Å². The minimum Gasteiger partial charge on any atom is -0.492 e. The summed E-state index contributed by atoms with van der Waals surface area (Å²) in [6.45, 7) is 12.1. The fraction of sp³-hybridized carbons (Fsp3) is 0.455. The van der Waals surface area contributed by atoms with Gasteiger partial charge in [0.05, 0.1) is 7.11 Å². The summed E-state index contributed by atoms with van der Waals surface area (Å²) in [7, 11) is 1.48. The molecule has 1 aromatic carbocycles. The second-order valence-electron chi connectivity index (χ2n) is 9.05. The largest absolute Gasteiger partial charge is 0.492 e. The Kier molecular flexibility index (Phi) is 4.87. The first-order valence-corrected chi connectivity index (χ1v) is 9.55. The van der Waals surface area contributed by atoms with E-state index in [1.165, 1.54) is 7.11 Å². The molecule has 5 nitrogen and oxygen atoms in total. The number of Topliss-reactive ketones (excluding diaryl/α,β-unsaturated/α-hetero) is 1. The van der Waals surface area contributed by atoms with Crippen LogP contribution in [-0.4, -0.2) is 24.6 Å². The van der Waals surface area contributed by atoms with E-state index in [0.29, 0.717) is 16.2 Å². The number of hydrogen-bond acceptors (Lipinski definition) is 5. The molecule has 1 heterocycles. The Balaban J connectivity index is 2.11. The van der Waals surface area contributed by atoms with Gasteiger partial charge in [-0.2, -0.15) is 0 Å². The number of halogens is 1. The zero-order valence-corrected chi connectivity index (χ0v) is 18.1. The number of ketones is 1. The van der Waals surface area contributed by atoms with E-state index in [9.17, 15) is 4.79 Å². The lowest BCUT2D eigenvalue weighted by molar-refractivity contribution is -0.171. The first-order chi connectivity index (χ1) is 12.9. The van der Waals surface area contributed by atoms with Crippen molar-refractivity contribution in [2.24, 2.45) is 16.0 Å². The van der Waals surface area contributed by atoms with Gasteiger partial charge in [-0.25, -0.2) is 0 Å². The van der Waals surface area contributed by atoms with Crippen LogP contribution in [0.1, 0.15) is 47.1 Å². The van der Waals surface area contributed by atoms with Crippen LogP contribution in [0.25, 0.3) is 0 Å². The number of methoxy groups -OCH3 is 1. The third kappa shape index (κ3) is 3.32. The van der Waals surface area contributed by atoms with Crippen LogP contribution in [-0.2, 0) is 19.1 Å². The van der Waals surface area contributed by atoms with Crippen LogP contribution in [0.3, 0.4) is 0 Å². The molecule has 1 atom stereocenters. The molecule has 0 bridgehead atoms. The van der Waals surface area contributed by atoms with E-state index in [1.54, 1.807) is 24.3 Å². The molecule has 150 valence electrons. The summed E-state index contributed by atoms with van der Waals surface area (Å²) in [5.74, 6) is -1.60. The minimum absolute atomic E-state index is 0.230.